The van der Waals surface area contributed by atoms with Gasteiger partial charge in [-0.1, -0.05) is 12.1 Å². The second kappa shape index (κ2) is 4.70. The lowest BCUT2D eigenvalue weighted by Gasteiger charge is -2.35. The summed E-state index contributed by atoms with van der Waals surface area (Å²) in [5, 5.41) is 15.9. The van der Waals surface area contributed by atoms with Crippen LogP contribution in [0.2, 0.25) is 0 Å². The molecule has 1 N–H and O–H groups in total. The van der Waals surface area contributed by atoms with Crippen LogP contribution in [0.15, 0.2) is 24.3 Å². The molecule has 100 valence electrons. The summed E-state index contributed by atoms with van der Waals surface area (Å²) in [5.41, 5.74) is 0.802. The normalized spacial score (nSPS) is 18.4. The number of rotatable bonds is 2. The van der Waals surface area contributed by atoms with Crippen molar-refractivity contribution in [2.45, 2.75) is 18.3 Å². The third-order valence-corrected chi connectivity index (χ3v) is 3.79. The number of piperidine rings is 1. The van der Waals surface area contributed by atoms with Crippen molar-refractivity contribution in [3.05, 3.63) is 41.5 Å². The average Bonchev–Trinajstić information content (AvgIpc) is 2.87. The van der Waals surface area contributed by atoms with Crippen LogP contribution in [-0.4, -0.2) is 33.3 Å². The quantitative estimate of drug-likeness (QED) is 0.877. The van der Waals surface area contributed by atoms with E-state index in [0.717, 1.165) is 37.3 Å². The minimum Gasteiger partial charge on any atom is -0.317 e. The van der Waals surface area contributed by atoms with Crippen molar-refractivity contribution in [3.8, 4) is 0 Å². The molecule has 1 fully saturated rings. The third kappa shape index (κ3) is 2.12. The lowest BCUT2D eigenvalue weighted by atomic mass is 9.72. The Hall–Kier alpha value is -1.82. The van der Waals surface area contributed by atoms with Gasteiger partial charge in [0.25, 0.3) is 0 Å². The maximum absolute atomic E-state index is 13.1. The maximum atomic E-state index is 13.1. The zero-order valence-corrected chi connectivity index (χ0v) is 10.8. The molecule has 2 heterocycles. The van der Waals surface area contributed by atoms with Gasteiger partial charge >= 0.3 is 0 Å². The van der Waals surface area contributed by atoms with E-state index in [2.05, 4.69) is 20.7 Å². The Morgan fingerprint density at radius 2 is 1.89 bits per heavy atom. The maximum Gasteiger partial charge on any atom is 0.185 e. The Bertz CT molecular complexity index is 557. The van der Waals surface area contributed by atoms with Gasteiger partial charge in [-0.2, -0.15) is 4.80 Å². The molecule has 0 aliphatic carbocycles. The van der Waals surface area contributed by atoms with Gasteiger partial charge in [0.15, 0.2) is 5.82 Å². The van der Waals surface area contributed by atoms with Crippen LogP contribution < -0.4 is 5.32 Å². The van der Waals surface area contributed by atoms with Crippen molar-refractivity contribution >= 4 is 0 Å². The van der Waals surface area contributed by atoms with Gasteiger partial charge in [-0.3, -0.25) is 0 Å². The molecule has 1 aliphatic rings. The molecule has 5 nitrogen and oxygen atoms in total. The van der Waals surface area contributed by atoms with E-state index in [4.69, 9.17) is 0 Å². The van der Waals surface area contributed by atoms with Gasteiger partial charge in [-0.25, -0.2) is 4.39 Å². The number of halogens is 1. The van der Waals surface area contributed by atoms with Crippen molar-refractivity contribution in [1.29, 1.82) is 0 Å². The number of aryl methyl sites for hydroxylation is 1. The van der Waals surface area contributed by atoms with Crippen LogP contribution in [-0.2, 0) is 12.5 Å². The van der Waals surface area contributed by atoms with E-state index in [1.807, 2.05) is 12.1 Å². The van der Waals surface area contributed by atoms with Crippen molar-refractivity contribution in [2.24, 2.45) is 7.05 Å². The zero-order valence-electron chi connectivity index (χ0n) is 10.8. The molecule has 0 atom stereocenters. The van der Waals surface area contributed by atoms with E-state index >= 15 is 0 Å². The molecule has 0 saturated carbocycles. The number of aromatic nitrogens is 4. The standard InChI is InChI=1S/C13H16FN5/c1-19-17-12(16-18-19)13(6-8-15-9-7-13)10-2-4-11(14)5-3-10/h2-5,15H,6-9H2,1H3. The van der Waals surface area contributed by atoms with Crippen molar-refractivity contribution in [2.75, 3.05) is 13.1 Å². The molecular weight excluding hydrogens is 245 g/mol. The Morgan fingerprint density at radius 1 is 1.21 bits per heavy atom. The van der Waals surface area contributed by atoms with E-state index in [9.17, 15) is 4.39 Å². The molecule has 0 radical (unpaired) electrons. The predicted octanol–water partition coefficient (Wildman–Crippen LogP) is 1.02. The lowest BCUT2D eigenvalue weighted by molar-refractivity contribution is 0.344. The molecule has 6 heteroatoms. The van der Waals surface area contributed by atoms with Crippen LogP contribution >= 0.6 is 0 Å². The molecular formula is C13H16FN5. The Kier molecular flexibility index (Phi) is 3.02. The molecule has 1 aromatic carbocycles. The predicted molar refractivity (Wildman–Crippen MR) is 68.1 cm³/mol. The molecule has 3 rings (SSSR count). The average molecular weight is 261 g/mol. The highest BCUT2D eigenvalue weighted by atomic mass is 19.1. The Morgan fingerprint density at radius 3 is 2.47 bits per heavy atom. The van der Waals surface area contributed by atoms with Crippen LogP contribution in [0.3, 0.4) is 0 Å². The summed E-state index contributed by atoms with van der Waals surface area (Å²) in [7, 11) is 1.76. The van der Waals surface area contributed by atoms with Crippen LogP contribution in [0, 0.1) is 5.82 Å². The van der Waals surface area contributed by atoms with E-state index < -0.39 is 0 Å². The Balaban J connectivity index is 2.08. The highest BCUT2D eigenvalue weighted by molar-refractivity contribution is 5.33. The number of benzene rings is 1. The second-order valence-electron chi connectivity index (χ2n) is 4.94. The fourth-order valence-electron chi connectivity index (χ4n) is 2.74. The first-order valence-corrected chi connectivity index (χ1v) is 6.42. The fraction of sp³-hybridized carbons (Fsp3) is 0.462. The Labute approximate surface area is 110 Å². The van der Waals surface area contributed by atoms with Crippen molar-refractivity contribution < 1.29 is 4.39 Å². The van der Waals surface area contributed by atoms with Gasteiger partial charge in [0.1, 0.15) is 5.82 Å². The zero-order chi connectivity index (χ0) is 13.3. The van der Waals surface area contributed by atoms with E-state index in [1.165, 1.54) is 16.9 Å². The topological polar surface area (TPSA) is 55.6 Å². The number of tetrazole rings is 1. The minimum atomic E-state index is -0.257. The van der Waals surface area contributed by atoms with E-state index in [-0.39, 0.29) is 11.2 Å². The molecule has 0 amide bonds. The van der Waals surface area contributed by atoms with Gasteiger partial charge in [0.2, 0.25) is 0 Å². The van der Waals surface area contributed by atoms with Gasteiger partial charge in [-0.15, -0.1) is 10.2 Å². The number of nitrogens with one attached hydrogen (secondary N) is 1. The highest BCUT2D eigenvalue weighted by Gasteiger charge is 2.39. The number of hydrogen-bond acceptors (Lipinski definition) is 4. The van der Waals surface area contributed by atoms with Gasteiger partial charge < -0.3 is 5.32 Å². The van der Waals surface area contributed by atoms with Crippen LogP contribution in [0.5, 0.6) is 0 Å². The summed E-state index contributed by atoms with van der Waals surface area (Å²) in [6, 6.07) is 6.65. The molecule has 0 bridgehead atoms. The summed E-state index contributed by atoms with van der Waals surface area (Å²) < 4.78 is 13.1. The second-order valence-corrected chi connectivity index (χ2v) is 4.94. The number of hydrogen-bond donors (Lipinski definition) is 1. The van der Waals surface area contributed by atoms with Crippen molar-refractivity contribution in [1.82, 2.24) is 25.5 Å². The molecule has 0 unspecified atom stereocenters. The third-order valence-electron chi connectivity index (χ3n) is 3.79. The van der Waals surface area contributed by atoms with E-state index in [1.54, 1.807) is 7.05 Å². The first-order chi connectivity index (χ1) is 9.21. The van der Waals surface area contributed by atoms with E-state index in [0.29, 0.717) is 0 Å². The molecule has 1 aromatic heterocycles. The van der Waals surface area contributed by atoms with Gasteiger partial charge in [-0.05, 0) is 48.8 Å². The first kappa shape index (κ1) is 12.2. The van der Waals surface area contributed by atoms with Gasteiger partial charge in [0, 0.05) is 0 Å². The van der Waals surface area contributed by atoms with Crippen LogP contribution in [0.25, 0.3) is 0 Å². The smallest absolute Gasteiger partial charge is 0.185 e. The molecule has 2 aromatic rings. The highest BCUT2D eigenvalue weighted by Crippen LogP contribution is 2.37. The lowest BCUT2D eigenvalue weighted by Crippen LogP contribution is -2.41. The summed E-state index contributed by atoms with van der Waals surface area (Å²) in [5.74, 6) is 0.503. The van der Waals surface area contributed by atoms with Crippen LogP contribution in [0.4, 0.5) is 4.39 Å². The summed E-state index contributed by atoms with van der Waals surface area (Å²) in [6.07, 6.45) is 1.79. The molecule has 19 heavy (non-hydrogen) atoms. The van der Waals surface area contributed by atoms with Gasteiger partial charge in [0.05, 0.1) is 12.5 Å². The van der Waals surface area contributed by atoms with Crippen molar-refractivity contribution in [3.63, 3.8) is 0 Å². The van der Waals surface area contributed by atoms with Crippen LogP contribution in [0.1, 0.15) is 24.2 Å². The first-order valence-electron chi connectivity index (χ1n) is 6.42. The minimum absolute atomic E-state index is 0.222. The summed E-state index contributed by atoms with van der Waals surface area (Å²) >= 11 is 0. The fourth-order valence-corrected chi connectivity index (χ4v) is 2.74. The largest absolute Gasteiger partial charge is 0.317 e. The molecule has 1 aliphatic heterocycles. The molecule has 1 saturated heterocycles. The summed E-state index contributed by atoms with van der Waals surface area (Å²) in [6.45, 7) is 1.80. The summed E-state index contributed by atoms with van der Waals surface area (Å²) in [4.78, 5) is 1.47. The number of nitrogens with zero attached hydrogens (tertiary/aromatic N) is 4. The SMILES string of the molecule is Cn1nnc(C2(c3ccc(F)cc3)CCNCC2)n1. The monoisotopic (exact) mass is 261 g/mol. The molecule has 0 spiro atoms.